The maximum atomic E-state index is 13.8. The van der Waals surface area contributed by atoms with Crippen LogP contribution in [0.3, 0.4) is 0 Å². The number of nitrogens with one attached hydrogen (secondary N) is 1. The van der Waals surface area contributed by atoms with Crippen LogP contribution in [0.1, 0.15) is 57.9 Å². The van der Waals surface area contributed by atoms with Gasteiger partial charge in [0, 0.05) is 6.54 Å². The molecule has 1 heterocycles. The highest BCUT2D eigenvalue weighted by Crippen LogP contribution is 2.25. The van der Waals surface area contributed by atoms with Crippen molar-refractivity contribution in [2.45, 2.75) is 83.0 Å². The Morgan fingerprint density at radius 2 is 1.87 bits per heavy atom. The van der Waals surface area contributed by atoms with E-state index in [0.29, 0.717) is 45.1 Å². The molecule has 212 valence electrons. The largest absolute Gasteiger partial charge is 0.465 e. The minimum absolute atomic E-state index is 0.0758. The van der Waals surface area contributed by atoms with Gasteiger partial charge in [0.25, 0.3) is 5.09 Å². The number of carbonyl (C=O) groups is 3. The van der Waals surface area contributed by atoms with Crippen molar-refractivity contribution in [3.05, 3.63) is 46.0 Å². The van der Waals surface area contributed by atoms with Crippen molar-refractivity contribution in [1.82, 2.24) is 10.2 Å². The zero-order valence-electron chi connectivity index (χ0n) is 22.2. The molecule has 0 saturated carbocycles. The number of amides is 1. The number of hydrogen-bond acceptors (Lipinski definition) is 10. The van der Waals surface area contributed by atoms with Gasteiger partial charge in [-0.15, -0.1) is 10.1 Å². The van der Waals surface area contributed by atoms with Gasteiger partial charge in [-0.25, -0.2) is 4.79 Å². The first-order valence-electron chi connectivity index (χ1n) is 13.3. The van der Waals surface area contributed by atoms with Crippen molar-refractivity contribution in [1.29, 1.82) is 0 Å². The van der Waals surface area contributed by atoms with Crippen LogP contribution in [0, 0.1) is 10.1 Å². The summed E-state index contributed by atoms with van der Waals surface area (Å²) in [5.74, 6) is -1.69. The molecule has 4 atom stereocenters. The number of aryl methyl sites for hydroxylation is 1. The van der Waals surface area contributed by atoms with Crippen LogP contribution < -0.4 is 11.1 Å². The summed E-state index contributed by atoms with van der Waals surface area (Å²) in [6, 6.07) is 6.76. The predicted molar refractivity (Wildman–Crippen MR) is 138 cm³/mol. The first kappa shape index (κ1) is 31.0. The second-order valence-electron chi connectivity index (χ2n) is 9.13. The molecule has 12 nitrogen and oxygen atoms in total. The molecule has 1 amide bonds. The molecule has 1 unspecified atom stereocenters. The SMILES string of the molecule is CCCOC(=O)[C@@H]1C(O[N+](=O)[O-])CCN1C(=O)[C@H](CCCCN)N[C@@H](CCc1ccccc1)C(=O)OCC. The number of esters is 2. The van der Waals surface area contributed by atoms with Crippen LogP contribution in [-0.4, -0.2) is 78.4 Å². The van der Waals surface area contributed by atoms with Crippen molar-refractivity contribution < 1.29 is 33.8 Å². The van der Waals surface area contributed by atoms with E-state index in [1.807, 2.05) is 37.3 Å². The molecule has 1 aromatic carbocycles. The highest BCUT2D eigenvalue weighted by Gasteiger charge is 2.47. The van der Waals surface area contributed by atoms with Gasteiger partial charge in [-0.2, -0.15) is 0 Å². The topological polar surface area (TPSA) is 163 Å². The number of carbonyl (C=O) groups excluding carboxylic acids is 3. The molecule has 0 bridgehead atoms. The zero-order chi connectivity index (χ0) is 27.9. The molecule has 0 spiro atoms. The third-order valence-electron chi connectivity index (χ3n) is 6.32. The molecule has 12 heteroatoms. The van der Waals surface area contributed by atoms with Gasteiger partial charge >= 0.3 is 11.9 Å². The van der Waals surface area contributed by atoms with E-state index >= 15 is 0 Å². The molecule has 1 aromatic rings. The Bertz CT molecular complexity index is 900. The fourth-order valence-electron chi connectivity index (χ4n) is 4.48. The number of benzene rings is 1. The molecule has 0 radical (unpaired) electrons. The molecule has 0 aromatic heterocycles. The van der Waals surface area contributed by atoms with Crippen LogP contribution in [0.5, 0.6) is 0 Å². The summed E-state index contributed by atoms with van der Waals surface area (Å²) in [5.41, 5.74) is 6.69. The summed E-state index contributed by atoms with van der Waals surface area (Å²) in [5, 5.41) is 13.3. The maximum absolute atomic E-state index is 13.8. The van der Waals surface area contributed by atoms with E-state index < -0.39 is 47.2 Å². The van der Waals surface area contributed by atoms with Crippen molar-refractivity contribution in [2.24, 2.45) is 5.73 Å². The second-order valence-corrected chi connectivity index (χ2v) is 9.13. The van der Waals surface area contributed by atoms with Crippen LogP contribution in [-0.2, 0) is 35.1 Å². The first-order chi connectivity index (χ1) is 18.3. The van der Waals surface area contributed by atoms with Crippen molar-refractivity contribution in [3.63, 3.8) is 0 Å². The van der Waals surface area contributed by atoms with Crippen LogP contribution in [0.4, 0.5) is 0 Å². The molecule has 1 aliphatic rings. The van der Waals surface area contributed by atoms with E-state index in [1.54, 1.807) is 6.92 Å². The fourth-order valence-corrected chi connectivity index (χ4v) is 4.48. The molecule has 1 fully saturated rings. The summed E-state index contributed by atoms with van der Waals surface area (Å²) in [4.78, 5) is 56.5. The second kappa shape index (κ2) is 16.6. The van der Waals surface area contributed by atoms with Gasteiger partial charge in [-0.3, -0.25) is 14.9 Å². The average molecular weight is 537 g/mol. The van der Waals surface area contributed by atoms with Gasteiger partial charge in [0.2, 0.25) is 5.91 Å². The van der Waals surface area contributed by atoms with Crippen molar-refractivity contribution >= 4 is 17.8 Å². The summed E-state index contributed by atoms with van der Waals surface area (Å²) >= 11 is 0. The summed E-state index contributed by atoms with van der Waals surface area (Å²) in [7, 11) is 0. The Balaban J connectivity index is 2.27. The Morgan fingerprint density at radius 3 is 2.50 bits per heavy atom. The zero-order valence-corrected chi connectivity index (χ0v) is 22.2. The number of nitrogens with zero attached hydrogens (tertiary/aromatic N) is 2. The summed E-state index contributed by atoms with van der Waals surface area (Å²) in [6.45, 7) is 4.34. The smallest absolute Gasteiger partial charge is 0.331 e. The Morgan fingerprint density at radius 1 is 1.13 bits per heavy atom. The maximum Gasteiger partial charge on any atom is 0.331 e. The van der Waals surface area contributed by atoms with E-state index in [1.165, 1.54) is 4.90 Å². The number of ether oxygens (including phenoxy) is 2. The van der Waals surface area contributed by atoms with Crippen molar-refractivity contribution in [2.75, 3.05) is 26.3 Å². The lowest BCUT2D eigenvalue weighted by molar-refractivity contribution is -0.768. The lowest BCUT2D eigenvalue weighted by atomic mass is 10.0. The van der Waals surface area contributed by atoms with E-state index in [9.17, 15) is 24.5 Å². The minimum Gasteiger partial charge on any atom is -0.465 e. The molecular weight excluding hydrogens is 496 g/mol. The predicted octanol–water partition coefficient (Wildman–Crippen LogP) is 1.77. The van der Waals surface area contributed by atoms with Crippen LogP contribution in [0.2, 0.25) is 0 Å². The lowest BCUT2D eigenvalue weighted by Crippen LogP contribution is -2.56. The molecule has 1 aliphatic heterocycles. The van der Waals surface area contributed by atoms with Gasteiger partial charge in [0.15, 0.2) is 6.04 Å². The number of likely N-dealkylation sites (tertiary alicyclic amines) is 1. The van der Waals surface area contributed by atoms with Gasteiger partial charge in [0.05, 0.1) is 19.3 Å². The number of hydrogen-bond donors (Lipinski definition) is 2. The minimum atomic E-state index is -1.26. The van der Waals surface area contributed by atoms with Gasteiger partial charge in [-0.05, 0) is 57.6 Å². The molecule has 2 rings (SSSR count). The standard InChI is InChI=1S/C26H40N4O8/c1-3-18-37-26(33)23-22(38-30(34)35)15-17-29(23)24(31)20(12-8-9-16-27)28-21(25(32)36-4-2)14-13-19-10-6-5-7-11-19/h5-7,10-11,20-23,28H,3-4,8-9,12-18,27H2,1-2H3/t20-,21-,22?,23-/m0/s1. The third-order valence-corrected chi connectivity index (χ3v) is 6.32. The first-order valence-corrected chi connectivity index (χ1v) is 13.3. The van der Waals surface area contributed by atoms with Crippen LogP contribution in [0.15, 0.2) is 30.3 Å². The highest BCUT2D eigenvalue weighted by atomic mass is 17.0. The normalized spacial score (nSPS) is 18.4. The quantitative estimate of drug-likeness (QED) is 0.130. The highest BCUT2D eigenvalue weighted by molar-refractivity contribution is 5.89. The monoisotopic (exact) mass is 536 g/mol. The third kappa shape index (κ3) is 9.56. The number of nitrogens with two attached hydrogens (primary N) is 1. The van der Waals surface area contributed by atoms with Crippen LogP contribution in [0.25, 0.3) is 0 Å². The van der Waals surface area contributed by atoms with Gasteiger partial charge in [-0.1, -0.05) is 43.7 Å². The van der Waals surface area contributed by atoms with E-state index in [4.69, 9.17) is 20.0 Å². The van der Waals surface area contributed by atoms with E-state index in [2.05, 4.69) is 5.32 Å². The number of rotatable bonds is 17. The molecule has 1 saturated heterocycles. The fraction of sp³-hybridized carbons (Fsp3) is 0.654. The van der Waals surface area contributed by atoms with Gasteiger partial charge in [0.1, 0.15) is 12.1 Å². The lowest BCUT2D eigenvalue weighted by Gasteiger charge is -2.31. The Kier molecular flexibility index (Phi) is 13.5. The van der Waals surface area contributed by atoms with Crippen LogP contribution >= 0.6 is 0 Å². The average Bonchev–Trinajstić information content (AvgIpc) is 3.31. The Hall–Kier alpha value is -3.25. The molecule has 3 N–H and O–H groups in total. The van der Waals surface area contributed by atoms with Gasteiger partial charge < -0.3 is 24.9 Å². The molecule has 38 heavy (non-hydrogen) atoms. The number of unbranched alkanes of at least 4 members (excludes halogenated alkanes) is 1. The van der Waals surface area contributed by atoms with Crippen molar-refractivity contribution in [3.8, 4) is 0 Å². The van der Waals surface area contributed by atoms with E-state index in [-0.39, 0.29) is 26.2 Å². The van der Waals surface area contributed by atoms with E-state index in [0.717, 1.165) is 5.56 Å². The Labute approximate surface area is 223 Å². The molecular formula is C26H40N4O8. The molecule has 0 aliphatic carbocycles. The summed E-state index contributed by atoms with van der Waals surface area (Å²) < 4.78 is 10.5. The summed E-state index contributed by atoms with van der Waals surface area (Å²) in [6.07, 6.45) is 2.10.